The van der Waals surface area contributed by atoms with Crippen molar-refractivity contribution in [2.45, 2.75) is 70.8 Å². The monoisotopic (exact) mass is 297 g/mol. The third-order valence-corrected chi connectivity index (χ3v) is 7.19. The minimum absolute atomic E-state index is 0.0757. The van der Waals surface area contributed by atoms with Gasteiger partial charge in [0.05, 0.1) is 16.1 Å². The fraction of sp³-hybridized carbons (Fsp3) is 0.786. The third kappa shape index (κ3) is 1.84. The van der Waals surface area contributed by atoms with Gasteiger partial charge < -0.3 is 0 Å². The van der Waals surface area contributed by atoms with Gasteiger partial charge in [0.15, 0.2) is 0 Å². The number of hydrogen-bond acceptors (Lipinski definition) is 4. The van der Waals surface area contributed by atoms with Crippen LogP contribution in [0.5, 0.6) is 0 Å². The molecule has 0 aromatic carbocycles. The van der Waals surface area contributed by atoms with Crippen molar-refractivity contribution >= 4 is 10.0 Å². The topological polar surface area (TPSA) is 55.2 Å². The standard InChI is InChI=1S/C14H23N3O2S/c1-10-11-8-16(13(2,3)4)9-12(11)15-17(10)20(18,19)14(5)6-7-14/h6-9H2,1-5H3. The lowest BCUT2D eigenvalue weighted by molar-refractivity contribution is 0.134. The second-order valence-electron chi connectivity index (χ2n) is 7.34. The van der Waals surface area contributed by atoms with Gasteiger partial charge in [-0.15, -0.1) is 0 Å². The molecule has 1 aromatic rings. The maximum atomic E-state index is 12.6. The van der Waals surface area contributed by atoms with Crippen molar-refractivity contribution in [3.63, 3.8) is 0 Å². The van der Waals surface area contributed by atoms with Crippen LogP contribution in [0.4, 0.5) is 0 Å². The lowest BCUT2D eigenvalue weighted by atomic mass is 10.1. The van der Waals surface area contributed by atoms with Crippen LogP contribution < -0.4 is 0 Å². The molecule has 0 N–H and O–H groups in total. The van der Waals surface area contributed by atoms with Crippen LogP contribution in [-0.4, -0.2) is 32.8 Å². The first-order valence-electron chi connectivity index (χ1n) is 7.14. The summed E-state index contributed by atoms with van der Waals surface area (Å²) in [4.78, 5) is 2.33. The van der Waals surface area contributed by atoms with Crippen LogP contribution in [0.1, 0.15) is 57.5 Å². The Labute approximate surface area is 121 Å². The van der Waals surface area contributed by atoms with E-state index in [4.69, 9.17) is 0 Å². The Kier molecular flexibility index (Phi) is 2.71. The summed E-state index contributed by atoms with van der Waals surface area (Å²) in [5, 5.41) is 4.42. The molecule has 0 unspecified atom stereocenters. The van der Waals surface area contributed by atoms with Gasteiger partial charge in [0, 0.05) is 24.2 Å². The first-order chi connectivity index (χ1) is 9.06. The average Bonchev–Trinajstić information content (AvgIpc) is 2.83. The van der Waals surface area contributed by atoms with Crippen molar-refractivity contribution in [2.24, 2.45) is 0 Å². The predicted octanol–water partition coefficient (Wildman–Crippen LogP) is 2.04. The number of nitrogens with zero attached hydrogens (tertiary/aromatic N) is 3. The van der Waals surface area contributed by atoms with Gasteiger partial charge in [0.1, 0.15) is 0 Å². The molecule has 0 amide bonds. The molecule has 20 heavy (non-hydrogen) atoms. The lowest BCUT2D eigenvalue weighted by Crippen LogP contribution is -2.37. The molecule has 0 saturated heterocycles. The number of hydrogen-bond donors (Lipinski definition) is 0. The summed E-state index contributed by atoms with van der Waals surface area (Å²) in [5.74, 6) is 0. The van der Waals surface area contributed by atoms with E-state index < -0.39 is 14.8 Å². The summed E-state index contributed by atoms with van der Waals surface area (Å²) in [5.41, 5.74) is 2.88. The maximum Gasteiger partial charge on any atom is 0.259 e. The summed E-state index contributed by atoms with van der Waals surface area (Å²) in [6.45, 7) is 11.7. The van der Waals surface area contributed by atoms with Crippen molar-refractivity contribution < 1.29 is 8.42 Å². The van der Waals surface area contributed by atoms with E-state index in [0.29, 0.717) is 0 Å². The van der Waals surface area contributed by atoms with Gasteiger partial charge in [-0.05, 0) is 47.5 Å². The summed E-state index contributed by atoms with van der Waals surface area (Å²) in [7, 11) is -3.34. The molecule has 1 aliphatic heterocycles. The van der Waals surface area contributed by atoms with Gasteiger partial charge in [-0.3, -0.25) is 4.90 Å². The molecule has 1 aromatic heterocycles. The molecule has 112 valence electrons. The highest BCUT2D eigenvalue weighted by molar-refractivity contribution is 7.91. The van der Waals surface area contributed by atoms with E-state index in [9.17, 15) is 8.42 Å². The molecule has 6 heteroatoms. The molecule has 2 aliphatic rings. The van der Waals surface area contributed by atoms with Crippen molar-refractivity contribution in [1.29, 1.82) is 0 Å². The Hall–Kier alpha value is -0.880. The Bertz CT molecular complexity index is 663. The Morgan fingerprint density at radius 3 is 2.25 bits per heavy atom. The van der Waals surface area contributed by atoms with Crippen LogP contribution in [0, 0.1) is 6.92 Å². The molecule has 0 bridgehead atoms. The first kappa shape index (κ1) is 14.1. The van der Waals surface area contributed by atoms with Crippen LogP contribution in [0.3, 0.4) is 0 Å². The first-order valence-corrected chi connectivity index (χ1v) is 8.58. The Morgan fingerprint density at radius 2 is 1.80 bits per heavy atom. The molecule has 2 heterocycles. The Balaban J connectivity index is 1.98. The van der Waals surface area contributed by atoms with Gasteiger partial charge in [-0.25, -0.2) is 8.42 Å². The third-order valence-electron chi connectivity index (χ3n) is 4.73. The van der Waals surface area contributed by atoms with Crippen molar-refractivity contribution in [2.75, 3.05) is 0 Å². The molecule has 1 saturated carbocycles. The average molecular weight is 297 g/mol. The highest BCUT2D eigenvalue weighted by Gasteiger charge is 2.52. The maximum absolute atomic E-state index is 12.6. The molecule has 3 rings (SSSR count). The summed E-state index contributed by atoms with van der Waals surface area (Å²) in [6.07, 6.45) is 1.49. The van der Waals surface area contributed by atoms with E-state index in [1.54, 1.807) is 0 Å². The minimum Gasteiger partial charge on any atom is -0.288 e. The second kappa shape index (κ2) is 3.85. The Morgan fingerprint density at radius 1 is 1.20 bits per heavy atom. The highest BCUT2D eigenvalue weighted by atomic mass is 32.2. The molecule has 0 atom stereocenters. The normalized spacial score (nSPS) is 22.1. The van der Waals surface area contributed by atoms with E-state index in [1.807, 2.05) is 13.8 Å². The van der Waals surface area contributed by atoms with E-state index in [-0.39, 0.29) is 5.54 Å². The fourth-order valence-corrected chi connectivity index (χ4v) is 4.39. The quantitative estimate of drug-likeness (QED) is 0.838. The highest BCUT2D eigenvalue weighted by Crippen LogP contribution is 2.44. The lowest BCUT2D eigenvalue weighted by Gasteiger charge is -2.31. The van der Waals surface area contributed by atoms with Crippen molar-refractivity contribution in [3.05, 3.63) is 17.0 Å². The summed E-state index contributed by atoms with van der Waals surface area (Å²) in [6, 6.07) is 0. The summed E-state index contributed by atoms with van der Waals surface area (Å²) >= 11 is 0. The van der Waals surface area contributed by atoms with E-state index in [0.717, 1.165) is 42.9 Å². The van der Waals surface area contributed by atoms with Gasteiger partial charge >= 0.3 is 0 Å². The number of rotatable bonds is 2. The van der Waals surface area contributed by atoms with E-state index in [1.165, 1.54) is 4.09 Å². The molecule has 0 spiro atoms. The zero-order valence-corrected chi connectivity index (χ0v) is 13.7. The van der Waals surface area contributed by atoms with Gasteiger partial charge in [0.2, 0.25) is 0 Å². The van der Waals surface area contributed by atoms with Gasteiger partial charge in [0.25, 0.3) is 10.0 Å². The van der Waals surface area contributed by atoms with Crippen LogP contribution in [0.25, 0.3) is 0 Å². The van der Waals surface area contributed by atoms with E-state index in [2.05, 4.69) is 30.8 Å². The van der Waals surface area contributed by atoms with Crippen LogP contribution in [-0.2, 0) is 23.1 Å². The minimum atomic E-state index is -3.34. The van der Waals surface area contributed by atoms with Crippen LogP contribution in [0.2, 0.25) is 0 Å². The number of aromatic nitrogens is 2. The molecular weight excluding hydrogens is 274 g/mol. The van der Waals surface area contributed by atoms with Crippen LogP contribution >= 0.6 is 0 Å². The molecule has 1 aliphatic carbocycles. The zero-order chi connectivity index (χ0) is 14.9. The van der Waals surface area contributed by atoms with Crippen molar-refractivity contribution in [1.82, 2.24) is 14.1 Å². The molecule has 5 nitrogen and oxygen atoms in total. The molecular formula is C14H23N3O2S. The number of fused-ring (bicyclic) bond motifs is 1. The second-order valence-corrected chi connectivity index (χ2v) is 9.62. The SMILES string of the molecule is Cc1c2c(nn1S(=O)(=O)C1(C)CC1)CN(C(C)(C)C)C2. The van der Waals surface area contributed by atoms with E-state index >= 15 is 0 Å². The largest absolute Gasteiger partial charge is 0.288 e. The molecule has 1 fully saturated rings. The smallest absolute Gasteiger partial charge is 0.259 e. The fourth-order valence-electron chi connectivity index (χ4n) is 2.68. The summed E-state index contributed by atoms with van der Waals surface area (Å²) < 4.78 is 25.9. The van der Waals surface area contributed by atoms with Crippen LogP contribution in [0.15, 0.2) is 0 Å². The van der Waals surface area contributed by atoms with Gasteiger partial charge in [-0.2, -0.15) is 9.19 Å². The van der Waals surface area contributed by atoms with Gasteiger partial charge in [-0.1, -0.05) is 0 Å². The zero-order valence-electron chi connectivity index (χ0n) is 12.9. The predicted molar refractivity (Wildman–Crippen MR) is 77.9 cm³/mol. The van der Waals surface area contributed by atoms with Crippen molar-refractivity contribution in [3.8, 4) is 0 Å². The molecule has 0 radical (unpaired) electrons.